The second-order valence-corrected chi connectivity index (χ2v) is 10.1. The third-order valence-corrected chi connectivity index (χ3v) is 5.63. The van der Waals surface area contributed by atoms with Gasteiger partial charge in [-0.05, 0) is 74.1 Å². The lowest BCUT2D eigenvalue weighted by Gasteiger charge is -2.13. The Hall–Kier alpha value is -3.44. The maximum atomic E-state index is 12.9. The van der Waals surface area contributed by atoms with Crippen molar-refractivity contribution < 1.29 is 18.0 Å². The van der Waals surface area contributed by atoms with E-state index in [1.54, 1.807) is 12.1 Å². The second-order valence-electron chi connectivity index (χ2n) is 7.33. The average molecular weight is 486 g/mol. The SMILES string of the molecule is CC(=O)Nc1ccc(NS(C)(=O)=O)c(C(=O)Nc2ccc(Sc3nc(C)cc(C)n3)cc2)c1. The van der Waals surface area contributed by atoms with E-state index in [0.29, 0.717) is 16.5 Å². The van der Waals surface area contributed by atoms with Crippen molar-refractivity contribution in [2.24, 2.45) is 0 Å². The van der Waals surface area contributed by atoms with Gasteiger partial charge in [-0.1, -0.05) is 0 Å². The largest absolute Gasteiger partial charge is 0.326 e. The van der Waals surface area contributed by atoms with Gasteiger partial charge in [0.1, 0.15) is 0 Å². The maximum Gasteiger partial charge on any atom is 0.257 e. The lowest BCUT2D eigenvalue weighted by Crippen LogP contribution is -2.18. The summed E-state index contributed by atoms with van der Waals surface area (Å²) in [5.74, 6) is -0.850. The number of aryl methyl sites for hydroxylation is 2. The van der Waals surface area contributed by atoms with E-state index in [9.17, 15) is 18.0 Å². The number of rotatable bonds is 7. The van der Waals surface area contributed by atoms with Gasteiger partial charge >= 0.3 is 0 Å². The first-order valence-electron chi connectivity index (χ1n) is 9.79. The fraction of sp³-hybridized carbons (Fsp3) is 0.182. The molecule has 0 unspecified atom stereocenters. The van der Waals surface area contributed by atoms with Gasteiger partial charge in [0.05, 0.1) is 17.5 Å². The van der Waals surface area contributed by atoms with Crippen LogP contribution in [0.2, 0.25) is 0 Å². The van der Waals surface area contributed by atoms with Crippen LogP contribution in [0.3, 0.4) is 0 Å². The van der Waals surface area contributed by atoms with Crippen LogP contribution in [-0.2, 0) is 14.8 Å². The normalized spacial score (nSPS) is 11.0. The van der Waals surface area contributed by atoms with Crippen LogP contribution in [0.5, 0.6) is 0 Å². The minimum absolute atomic E-state index is 0.0637. The fourth-order valence-electron chi connectivity index (χ4n) is 2.95. The summed E-state index contributed by atoms with van der Waals surface area (Å²) in [6.07, 6.45) is 0.992. The van der Waals surface area contributed by atoms with Crippen LogP contribution in [0.1, 0.15) is 28.7 Å². The quantitative estimate of drug-likeness (QED) is 0.434. The van der Waals surface area contributed by atoms with E-state index >= 15 is 0 Å². The molecule has 0 atom stereocenters. The second kappa shape index (κ2) is 10.0. The van der Waals surface area contributed by atoms with Crippen molar-refractivity contribution in [3.8, 4) is 0 Å². The summed E-state index contributed by atoms with van der Waals surface area (Å²) in [5, 5.41) is 5.96. The molecule has 172 valence electrons. The Morgan fingerprint density at radius 1 is 0.879 bits per heavy atom. The molecule has 0 aliphatic carbocycles. The molecule has 3 aromatic rings. The van der Waals surface area contributed by atoms with E-state index in [-0.39, 0.29) is 17.2 Å². The van der Waals surface area contributed by atoms with Gasteiger partial charge in [0, 0.05) is 34.6 Å². The van der Waals surface area contributed by atoms with Crippen molar-refractivity contribution in [2.75, 3.05) is 21.6 Å². The molecule has 0 saturated carbocycles. The van der Waals surface area contributed by atoms with E-state index in [1.807, 2.05) is 32.0 Å². The highest BCUT2D eigenvalue weighted by Gasteiger charge is 2.16. The van der Waals surface area contributed by atoms with Crippen LogP contribution in [0.15, 0.2) is 58.6 Å². The highest BCUT2D eigenvalue weighted by Crippen LogP contribution is 2.27. The van der Waals surface area contributed by atoms with Crippen LogP contribution >= 0.6 is 11.8 Å². The standard InChI is InChI=1S/C22H23N5O4S2/c1-13-11-14(2)24-22(23-13)32-18-8-5-16(6-9-18)26-21(29)19-12-17(25-15(3)28)7-10-20(19)27-33(4,30)31/h5-12,27H,1-4H3,(H,25,28)(H,26,29). The molecular weight excluding hydrogens is 462 g/mol. The third kappa shape index (κ3) is 7.29. The van der Waals surface area contributed by atoms with Gasteiger partial charge in [-0.3, -0.25) is 14.3 Å². The van der Waals surface area contributed by atoms with Gasteiger partial charge in [0.2, 0.25) is 15.9 Å². The number of nitrogens with zero attached hydrogens (tertiary/aromatic N) is 2. The maximum absolute atomic E-state index is 12.9. The molecule has 0 aliphatic heterocycles. The molecule has 1 aromatic heterocycles. The van der Waals surface area contributed by atoms with Crippen LogP contribution in [0.25, 0.3) is 0 Å². The molecule has 1 heterocycles. The molecule has 33 heavy (non-hydrogen) atoms. The monoisotopic (exact) mass is 485 g/mol. The topological polar surface area (TPSA) is 130 Å². The van der Waals surface area contributed by atoms with E-state index in [2.05, 4.69) is 25.3 Å². The van der Waals surface area contributed by atoms with E-state index in [1.165, 1.54) is 36.9 Å². The Bertz CT molecular complexity index is 1290. The van der Waals surface area contributed by atoms with Gasteiger partial charge in [-0.25, -0.2) is 18.4 Å². The number of anilines is 3. The molecule has 11 heteroatoms. The molecule has 0 spiro atoms. The molecule has 9 nitrogen and oxygen atoms in total. The Labute approximate surface area is 196 Å². The molecule has 2 amide bonds. The number of hydrogen-bond donors (Lipinski definition) is 3. The summed E-state index contributed by atoms with van der Waals surface area (Å²) in [4.78, 5) is 34.0. The Balaban J connectivity index is 1.80. The van der Waals surface area contributed by atoms with E-state index in [0.717, 1.165) is 22.5 Å². The average Bonchev–Trinajstić information content (AvgIpc) is 2.68. The molecule has 0 fully saturated rings. The summed E-state index contributed by atoms with van der Waals surface area (Å²) < 4.78 is 25.7. The minimum atomic E-state index is -3.62. The lowest BCUT2D eigenvalue weighted by molar-refractivity contribution is -0.114. The van der Waals surface area contributed by atoms with Crippen molar-refractivity contribution in [1.82, 2.24) is 9.97 Å². The van der Waals surface area contributed by atoms with Crippen LogP contribution < -0.4 is 15.4 Å². The number of aromatic nitrogens is 2. The van der Waals surface area contributed by atoms with Gasteiger partial charge in [-0.15, -0.1) is 0 Å². The number of carbonyl (C=O) groups excluding carboxylic acids is 2. The van der Waals surface area contributed by atoms with Gasteiger partial charge in [-0.2, -0.15) is 0 Å². The number of nitrogens with one attached hydrogen (secondary N) is 3. The lowest BCUT2D eigenvalue weighted by atomic mass is 10.1. The summed E-state index contributed by atoms with van der Waals surface area (Å²) in [6.45, 7) is 5.15. The third-order valence-electron chi connectivity index (χ3n) is 4.16. The highest BCUT2D eigenvalue weighted by molar-refractivity contribution is 7.99. The molecule has 0 bridgehead atoms. The molecule has 3 N–H and O–H groups in total. The summed E-state index contributed by atoms with van der Waals surface area (Å²) in [6, 6.07) is 13.3. The molecule has 0 radical (unpaired) electrons. The first kappa shape index (κ1) is 24.2. The van der Waals surface area contributed by atoms with Crippen molar-refractivity contribution >= 4 is 50.7 Å². The summed E-state index contributed by atoms with van der Waals surface area (Å²) in [5.41, 5.74) is 2.81. The van der Waals surface area contributed by atoms with Crippen LogP contribution in [0, 0.1) is 13.8 Å². The molecule has 0 saturated heterocycles. The molecule has 3 rings (SSSR count). The number of sulfonamides is 1. The van der Waals surface area contributed by atoms with E-state index < -0.39 is 15.9 Å². The van der Waals surface area contributed by atoms with Gasteiger partial charge < -0.3 is 10.6 Å². The zero-order valence-electron chi connectivity index (χ0n) is 18.5. The van der Waals surface area contributed by atoms with Crippen molar-refractivity contribution in [2.45, 2.75) is 30.8 Å². The Kier molecular flexibility index (Phi) is 7.34. The van der Waals surface area contributed by atoms with Crippen LogP contribution in [-0.4, -0.2) is 36.5 Å². The summed E-state index contributed by atoms with van der Waals surface area (Å²) in [7, 11) is -3.62. The zero-order valence-corrected chi connectivity index (χ0v) is 20.1. The molecule has 2 aromatic carbocycles. The number of carbonyl (C=O) groups is 2. The van der Waals surface area contributed by atoms with Crippen molar-refractivity contribution in [1.29, 1.82) is 0 Å². The van der Waals surface area contributed by atoms with Gasteiger partial charge in [0.25, 0.3) is 5.91 Å². The number of hydrogen-bond acceptors (Lipinski definition) is 7. The number of amides is 2. The molecule has 0 aliphatic rings. The number of benzene rings is 2. The minimum Gasteiger partial charge on any atom is -0.326 e. The van der Waals surface area contributed by atoms with Crippen molar-refractivity contribution in [3.05, 3.63) is 65.5 Å². The zero-order chi connectivity index (χ0) is 24.2. The summed E-state index contributed by atoms with van der Waals surface area (Å²) >= 11 is 1.40. The predicted molar refractivity (Wildman–Crippen MR) is 129 cm³/mol. The molecular formula is C22H23N5O4S2. The first-order chi connectivity index (χ1) is 15.5. The fourth-order valence-corrected chi connectivity index (χ4v) is 4.39. The Morgan fingerprint density at radius 2 is 1.48 bits per heavy atom. The highest BCUT2D eigenvalue weighted by atomic mass is 32.2. The first-order valence-corrected chi connectivity index (χ1v) is 12.5. The predicted octanol–water partition coefficient (Wildman–Crippen LogP) is 3.83. The van der Waals surface area contributed by atoms with Crippen LogP contribution in [0.4, 0.5) is 17.1 Å². The van der Waals surface area contributed by atoms with Crippen molar-refractivity contribution in [3.63, 3.8) is 0 Å². The Morgan fingerprint density at radius 3 is 2.06 bits per heavy atom. The van der Waals surface area contributed by atoms with Gasteiger partial charge in [0.15, 0.2) is 5.16 Å². The van der Waals surface area contributed by atoms with E-state index in [4.69, 9.17) is 0 Å². The smallest absolute Gasteiger partial charge is 0.257 e.